The lowest BCUT2D eigenvalue weighted by Gasteiger charge is -2.37. The third-order valence-electron chi connectivity index (χ3n) is 4.06. The fourth-order valence-corrected chi connectivity index (χ4v) is 3.59. The Kier molecular flexibility index (Phi) is 4.79. The maximum atomic E-state index is 13.6. The monoisotopic (exact) mass is 313 g/mol. The zero-order valence-electron chi connectivity index (χ0n) is 10.9. The first kappa shape index (κ1) is 14.0. The number of benzene rings is 1. The van der Waals surface area contributed by atoms with Gasteiger partial charge >= 0.3 is 0 Å². The summed E-state index contributed by atoms with van der Waals surface area (Å²) in [6, 6.07) is 5.36. The van der Waals surface area contributed by atoms with Crippen molar-refractivity contribution in [3.8, 4) is 0 Å². The van der Waals surface area contributed by atoms with Crippen LogP contribution in [-0.2, 0) is 6.42 Å². The third-order valence-corrected chi connectivity index (χ3v) is 4.95. The van der Waals surface area contributed by atoms with Crippen LogP contribution in [0.5, 0.6) is 0 Å². The Balaban J connectivity index is 2.20. The fraction of sp³-hybridized carbons (Fsp3) is 0.600. The predicted molar refractivity (Wildman–Crippen MR) is 77.2 cm³/mol. The molecule has 0 spiro atoms. The second-order valence-electron chi connectivity index (χ2n) is 5.48. The molecule has 0 heterocycles. The summed E-state index contributed by atoms with van der Waals surface area (Å²) in [6.45, 7) is 1.02. The Morgan fingerprint density at radius 3 is 2.67 bits per heavy atom. The van der Waals surface area contributed by atoms with E-state index in [0.29, 0.717) is 9.89 Å². The molecule has 0 aromatic heterocycles. The standard InChI is InChI=1S/C15H21BrFN/c1-18-11-15(8-3-2-4-9-15)10-12-6-5-7-13(17)14(12)16/h5-7,18H,2-4,8-11H2,1H3. The summed E-state index contributed by atoms with van der Waals surface area (Å²) >= 11 is 3.39. The number of halogens is 2. The molecule has 0 unspecified atom stereocenters. The minimum absolute atomic E-state index is 0.150. The van der Waals surface area contributed by atoms with Crippen LogP contribution in [0.1, 0.15) is 37.7 Å². The SMILES string of the molecule is CNCC1(Cc2cccc(F)c2Br)CCCCC1. The molecule has 1 aliphatic carbocycles. The van der Waals surface area contributed by atoms with Gasteiger partial charge in [0.2, 0.25) is 0 Å². The van der Waals surface area contributed by atoms with Crippen molar-refractivity contribution in [2.75, 3.05) is 13.6 Å². The van der Waals surface area contributed by atoms with Gasteiger partial charge in [0, 0.05) is 6.54 Å². The smallest absolute Gasteiger partial charge is 0.137 e. The maximum absolute atomic E-state index is 13.6. The van der Waals surface area contributed by atoms with Gasteiger partial charge in [0.25, 0.3) is 0 Å². The lowest BCUT2D eigenvalue weighted by molar-refractivity contribution is 0.184. The molecule has 0 bridgehead atoms. The lowest BCUT2D eigenvalue weighted by Crippen LogP contribution is -2.36. The molecule has 3 heteroatoms. The van der Waals surface area contributed by atoms with Crippen molar-refractivity contribution < 1.29 is 4.39 Å². The topological polar surface area (TPSA) is 12.0 Å². The first-order chi connectivity index (χ1) is 8.67. The Labute approximate surface area is 117 Å². The van der Waals surface area contributed by atoms with E-state index >= 15 is 0 Å². The van der Waals surface area contributed by atoms with Crippen molar-refractivity contribution >= 4 is 15.9 Å². The van der Waals surface area contributed by atoms with Crippen LogP contribution in [0.25, 0.3) is 0 Å². The van der Waals surface area contributed by atoms with E-state index in [1.54, 1.807) is 0 Å². The molecule has 0 radical (unpaired) electrons. The number of hydrogen-bond acceptors (Lipinski definition) is 1. The highest BCUT2D eigenvalue weighted by Crippen LogP contribution is 2.40. The lowest BCUT2D eigenvalue weighted by atomic mass is 9.70. The van der Waals surface area contributed by atoms with E-state index in [4.69, 9.17) is 0 Å². The van der Waals surface area contributed by atoms with Crippen LogP contribution in [0, 0.1) is 11.2 Å². The molecule has 0 saturated heterocycles. The molecule has 1 N–H and O–H groups in total. The molecule has 2 rings (SSSR count). The van der Waals surface area contributed by atoms with Gasteiger partial charge in [-0.15, -0.1) is 0 Å². The van der Waals surface area contributed by atoms with E-state index in [1.807, 2.05) is 19.2 Å². The van der Waals surface area contributed by atoms with Crippen LogP contribution < -0.4 is 5.32 Å². The second kappa shape index (κ2) is 6.16. The zero-order chi connectivity index (χ0) is 13.0. The van der Waals surface area contributed by atoms with Crippen molar-refractivity contribution in [2.24, 2.45) is 5.41 Å². The van der Waals surface area contributed by atoms with Gasteiger partial charge in [-0.2, -0.15) is 0 Å². The summed E-state index contributed by atoms with van der Waals surface area (Å²) in [5, 5.41) is 3.32. The van der Waals surface area contributed by atoms with E-state index in [2.05, 4.69) is 21.2 Å². The Morgan fingerprint density at radius 2 is 2.00 bits per heavy atom. The van der Waals surface area contributed by atoms with Crippen molar-refractivity contribution in [3.05, 3.63) is 34.1 Å². The average Bonchev–Trinajstić information content (AvgIpc) is 2.36. The highest BCUT2D eigenvalue weighted by Gasteiger charge is 2.32. The van der Waals surface area contributed by atoms with Gasteiger partial charge in [-0.3, -0.25) is 0 Å². The Morgan fingerprint density at radius 1 is 1.28 bits per heavy atom. The van der Waals surface area contributed by atoms with Crippen molar-refractivity contribution in [2.45, 2.75) is 38.5 Å². The van der Waals surface area contributed by atoms with E-state index in [9.17, 15) is 4.39 Å². The summed E-state index contributed by atoms with van der Waals surface area (Å²) in [5.74, 6) is -0.150. The van der Waals surface area contributed by atoms with Gasteiger partial charge in [0.05, 0.1) is 4.47 Å². The van der Waals surface area contributed by atoms with Crippen LogP contribution in [0.4, 0.5) is 4.39 Å². The molecule has 1 fully saturated rings. The number of nitrogens with one attached hydrogen (secondary N) is 1. The number of hydrogen-bond donors (Lipinski definition) is 1. The molecular weight excluding hydrogens is 293 g/mol. The van der Waals surface area contributed by atoms with Crippen LogP contribution in [0.15, 0.2) is 22.7 Å². The summed E-state index contributed by atoms with van der Waals surface area (Å²) in [7, 11) is 2.01. The van der Waals surface area contributed by atoms with E-state index in [-0.39, 0.29) is 5.82 Å². The Hall–Kier alpha value is -0.410. The molecule has 1 saturated carbocycles. The number of rotatable bonds is 4. The molecule has 1 aromatic carbocycles. The highest BCUT2D eigenvalue weighted by atomic mass is 79.9. The molecule has 0 amide bonds. The van der Waals surface area contributed by atoms with Gasteiger partial charge in [0.15, 0.2) is 0 Å². The van der Waals surface area contributed by atoms with Gasteiger partial charge in [-0.1, -0.05) is 31.4 Å². The molecule has 1 nitrogen and oxygen atoms in total. The van der Waals surface area contributed by atoms with Crippen LogP contribution in [-0.4, -0.2) is 13.6 Å². The molecule has 18 heavy (non-hydrogen) atoms. The predicted octanol–water partition coefficient (Wildman–Crippen LogP) is 4.30. The zero-order valence-corrected chi connectivity index (χ0v) is 12.5. The minimum Gasteiger partial charge on any atom is -0.319 e. The summed E-state index contributed by atoms with van der Waals surface area (Å²) in [4.78, 5) is 0. The van der Waals surface area contributed by atoms with Gasteiger partial charge < -0.3 is 5.32 Å². The van der Waals surface area contributed by atoms with E-state index in [1.165, 1.54) is 38.2 Å². The van der Waals surface area contributed by atoms with Gasteiger partial charge in [-0.05, 0) is 59.3 Å². The van der Waals surface area contributed by atoms with Gasteiger partial charge in [0.1, 0.15) is 5.82 Å². The summed E-state index contributed by atoms with van der Waals surface area (Å²) in [6.07, 6.45) is 7.40. The maximum Gasteiger partial charge on any atom is 0.137 e. The van der Waals surface area contributed by atoms with Gasteiger partial charge in [-0.25, -0.2) is 4.39 Å². The van der Waals surface area contributed by atoms with Crippen LogP contribution >= 0.6 is 15.9 Å². The Bertz CT molecular complexity index is 394. The summed E-state index contributed by atoms with van der Waals surface area (Å²) in [5.41, 5.74) is 1.41. The second-order valence-corrected chi connectivity index (χ2v) is 6.27. The summed E-state index contributed by atoms with van der Waals surface area (Å²) < 4.78 is 14.2. The fourth-order valence-electron chi connectivity index (χ4n) is 3.18. The van der Waals surface area contributed by atoms with Crippen LogP contribution in [0.3, 0.4) is 0 Å². The highest BCUT2D eigenvalue weighted by molar-refractivity contribution is 9.10. The normalized spacial score (nSPS) is 18.8. The van der Waals surface area contributed by atoms with E-state index < -0.39 is 0 Å². The van der Waals surface area contributed by atoms with Crippen LogP contribution in [0.2, 0.25) is 0 Å². The molecule has 0 atom stereocenters. The minimum atomic E-state index is -0.150. The third kappa shape index (κ3) is 3.12. The van der Waals surface area contributed by atoms with Crippen molar-refractivity contribution in [1.29, 1.82) is 0 Å². The first-order valence-corrected chi connectivity index (χ1v) is 7.54. The van der Waals surface area contributed by atoms with Crippen molar-refractivity contribution in [3.63, 3.8) is 0 Å². The average molecular weight is 314 g/mol. The molecule has 100 valence electrons. The van der Waals surface area contributed by atoms with E-state index in [0.717, 1.165) is 18.5 Å². The van der Waals surface area contributed by atoms with Crippen molar-refractivity contribution in [1.82, 2.24) is 5.32 Å². The molecule has 0 aliphatic heterocycles. The molecule has 1 aliphatic rings. The molecular formula is C15H21BrFN. The quantitative estimate of drug-likeness (QED) is 0.874. The first-order valence-electron chi connectivity index (χ1n) is 6.74. The largest absolute Gasteiger partial charge is 0.319 e. The molecule has 1 aromatic rings.